The molecule has 1 unspecified atom stereocenters. The molecule has 110 valence electrons. The third-order valence-corrected chi connectivity index (χ3v) is 3.42. The summed E-state index contributed by atoms with van der Waals surface area (Å²) in [5, 5.41) is 11.7. The van der Waals surface area contributed by atoms with Gasteiger partial charge in [0, 0.05) is 32.8 Å². The number of carbonyl (C=O) groups excluding carboxylic acids is 1. The minimum absolute atomic E-state index is 0.106. The molecule has 1 heterocycles. The van der Waals surface area contributed by atoms with E-state index in [1.54, 1.807) is 0 Å². The predicted octanol–water partition coefficient (Wildman–Crippen LogP) is -0.308. The molecule has 1 rings (SSSR count). The molecule has 1 aliphatic heterocycles. The Morgan fingerprint density at radius 3 is 2.58 bits per heavy atom. The number of ether oxygens (including phenoxy) is 1. The first-order valence-corrected chi connectivity index (χ1v) is 6.67. The van der Waals surface area contributed by atoms with Gasteiger partial charge in [0.1, 0.15) is 0 Å². The maximum atomic E-state index is 11.9. The highest BCUT2D eigenvalue weighted by Gasteiger charge is 2.25. The highest BCUT2D eigenvalue weighted by molar-refractivity contribution is 5.84. The number of nitrogens with two attached hydrogens (primary N) is 1. The van der Waals surface area contributed by atoms with Crippen LogP contribution in [0.2, 0.25) is 0 Å². The van der Waals surface area contributed by atoms with Gasteiger partial charge < -0.3 is 20.6 Å². The lowest BCUT2D eigenvalue weighted by Gasteiger charge is -2.37. The van der Waals surface area contributed by atoms with Crippen LogP contribution in [0.5, 0.6) is 0 Å². The Labute approximate surface area is 114 Å². The molecule has 0 spiro atoms. The molecule has 0 radical (unpaired) electrons. The fourth-order valence-corrected chi connectivity index (χ4v) is 2.09. The molecule has 1 fully saturated rings. The van der Waals surface area contributed by atoms with Crippen molar-refractivity contribution in [3.63, 3.8) is 0 Å². The van der Waals surface area contributed by atoms with Crippen molar-refractivity contribution in [1.29, 1.82) is 0 Å². The Morgan fingerprint density at radius 2 is 2.05 bits per heavy atom. The summed E-state index contributed by atoms with van der Waals surface area (Å²) in [7, 11) is 0. The summed E-state index contributed by atoms with van der Waals surface area (Å²) in [6, 6.07) is -0.106. The fourth-order valence-electron chi connectivity index (χ4n) is 2.09. The van der Waals surface area contributed by atoms with E-state index in [0.29, 0.717) is 32.7 Å². The van der Waals surface area contributed by atoms with Crippen molar-refractivity contribution in [2.75, 3.05) is 39.4 Å². The quantitative estimate of drug-likeness (QED) is 0.227. The molecular formula is C12H24N4O3. The average molecular weight is 272 g/mol. The Balaban J connectivity index is 2.34. The van der Waals surface area contributed by atoms with E-state index in [0.717, 1.165) is 13.1 Å². The maximum Gasteiger partial charge on any atom is 0.224 e. The second kappa shape index (κ2) is 7.96. The lowest BCUT2D eigenvalue weighted by molar-refractivity contribution is -0.134. The van der Waals surface area contributed by atoms with E-state index in [1.807, 2.05) is 18.7 Å². The van der Waals surface area contributed by atoms with E-state index >= 15 is 0 Å². The van der Waals surface area contributed by atoms with Crippen molar-refractivity contribution < 1.29 is 14.7 Å². The van der Waals surface area contributed by atoms with Crippen LogP contribution in [0.15, 0.2) is 5.16 Å². The lowest BCUT2D eigenvalue weighted by Crippen LogP contribution is -2.54. The number of oxime groups is 1. The number of hydrogen-bond donors (Lipinski definition) is 2. The zero-order chi connectivity index (χ0) is 14.3. The summed E-state index contributed by atoms with van der Waals surface area (Å²) in [5.41, 5.74) is 5.58. The van der Waals surface area contributed by atoms with Gasteiger partial charge in [0.05, 0.1) is 19.1 Å². The topological polar surface area (TPSA) is 91.4 Å². The molecule has 3 N–H and O–H groups in total. The number of nitrogens with zero attached hydrogens (tertiary/aromatic N) is 3. The first-order chi connectivity index (χ1) is 9.10. The maximum absolute atomic E-state index is 11.9. The summed E-state index contributed by atoms with van der Waals surface area (Å²) in [4.78, 5) is 15.8. The Hall–Kier alpha value is -1.34. The first-order valence-electron chi connectivity index (χ1n) is 6.67. The van der Waals surface area contributed by atoms with Crippen LogP contribution in [-0.4, -0.2) is 72.2 Å². The third kappa shape index (κ3) is 4.68. The van der Waals surface area contributed by atoms with Crippen molar-refractivity contribution >= 4 is 11.7 Å². The van der Waals surface area contributed by atoms with Gasteiger partial charge in [-0.2, -0.15) is 0 Å². The van der Waals surface area contributed by atoms with Gasteiger partial charge in [0.15, 0.2) is 5.84 Å². The smallest absolute Gasteiger partial charge is 0.224 e. The second-order valence-corrected chi connectivity index (χ2v) is 4.56. The van der Waals surface area contributed by atoms with Crippen LogP contribution in [0.1, 0.15) is 20.3 Å². The molecule has 1 amide bonds. The van der Waals surface area contributed by atoms with Crippen molar-refractivity contribution in [3.8, 4) is 0 Å². The van der Waals surface area contributed by atoms with E-state index in [2.05, 4.69) is 10.1 Å². The molecule has 0 aromatic rings. The monoisotopic (exact) mass is 272 g/mol. The summed E-state index contributed by atoms with van der Waals surface area (Å²) >= 11 is 0. The highest BCUT2D eigenvalue weighted by Crippen LogP contribution is 2.08. The van der Waals surface area contributed by atoms with Crippen LogP contribution in [0.4, 0.5) is 0 Å². The molecule has 7 nitrogen and oxygen atoms in total. The molecule has 7 heteroatoms. The van der Waals surface area contributed by atoms with Crippen molar-refractivity contribution in [2.45, 2.75) is 26.3 Å². The van der Waals surface area contributed by atoms with Gasteiger partial charge in [0.25, 0.3) is 0 Å². The zero-order valence-corrected chi connectivity index (χ0v) is 11.7. The molecule has 19 heavy (non-hydrogen) atoms. The van der Waals surface area contributed by atoms with Gasteiger partial charge in [-0.25, -0.2) is 0 Å². The lowest BCUT2D eigenvalue weighted by atomic mass is 10.2. The molecule has 0 aromatic carbocycles. The van der Waals surface area contributed by atoms with Crippen LogP contribution in [-0.2, 0) is 9.53 Å². The van der Waals surface area contributed by atoms with Gasteiger partial charge in [-0.15, -0.1) is 0 Å². The van der Waals surface area contributed by atoms with Crippen LogP contribution < -0.4 is 5.73 Å². The van der Waals surface area contributed by atoms with E-state index in [4.69, 9.17) is 15.7 Å². The average Bonchev–Trinajstić information content (AvgIpc) is 2.46. The van der Waals surface area contributed by atoms with Gasteiger partial charge in [-0.1, -0.05) is 5.16 Å². The van der Waals surface area contributed by atoms with E-state index < -0.39 is 0 Å². The number of amides is 1. The molecular weight excluding hydrogens is 248 g/mol. The van der Waals surface area contributed by atoms with Gasteiger partial charge in [-0.05, 0) is 13.8 Å². The molecule has 0 saturated carbocycles. The van der Waals surface area contributed by atoms with Crippen molar-refractivity contribution in [1.82, 2.24) is 9.80 Å². The minimum Gasteiger partial charge on any atom is -0.409 e. The largest absolute Gasteiger partial charge is 0.409 e. The second-order valence-electron chi connectivity index (χ2n) is 4.56. The fraction of sp³-hybridized carbons (Fsp3) is 0.833. The highest BCUT2D eigenvalue weighted by atomic mass is 16.5. The first kappa shape index (κ1) is 15.7. The number of rotatable bonds is 6. The zero-order valence-electron chi connectivity index (χ0n) is 11.7. The summed E-state index contributed by atoms with van der Waals surface area (Å²) in [6.45, 7) is 7.74. The molecule has 1 atom stereocenters. The molecule has 1 saturated heterocycles. The third-order valence-electron chi connectivity index (χ3n) is 3.42. The summed E-state index contributed by atoms with van der Waals surface area (Å²) in [6.07, 6.45) is 0.434. The molecule has 0 bridgehead atoms. The number of amidine groups is 1. The molecule has 0 aromatic heterocycles. The van der Waals surface area contributed by atoms with Crippen molar-refractivity contribution in [3.05, 3.63) is 0 Å². The van der Waals surface area contributed by atoms with Gasteiger partial charge in [0.2, 0.25) is 5.91 Å². The number of carbonyl (C=O) groups is 1. The number of piperazine rings is 1. The normalized spacial score (nSPS) is 19.5. The Kier molecular flexibility index (Phi) is 6.58. The van der Waals surface area contributed by atoms with E-state index in [9.17, 15) is 4.79 Å². The summed E-state index contributed by atoms with van der Waals surface area (Å²) in [5.74, 6) is 0.334. The number of hydrogen-bond acceptors (Lipinski definition) is 5. The van der Waals surface area contributed by atoms with Crippen LogP contribution in [0.25, 0.3) is 0 Å². The Bertz CT molecular complexity index is 314. The Morgan fingerprint density at radius 1 is 1.42 bits per heavy atom. The van der Waals surface area contributed by atoms with E-state index in [1.165, 1.54) is 0 Å². The molecule has 1 aliphatic rings. The molecule has 0 aliphatic carbocycles. The summed E-state index contributed by atoms with van der Waals surface area (Å²) < 4.78 is 5.18. The van der Waals surface area contributed by atoms with Gasteiger partial charge >= 0.3 is 0 Å². The van der Waals surface area contributed by atoms with Crippen molar-refractivity contribution in [2.24, 2.45) is 10.9 Å². The SMILES string of the molecule is CCOCCC(=O)N1CCN(C(C)C(N)=NO)CC1. The van der Waals surface area contributed by atoms with Crippen LogP contribution >= 0.6 is 0 Å². The standard InChI is InChI=1S/C12H24N4O3/c1-3-19-9-4-11(17)16-7-5-15(6-8-16)10(2)12(13)14-18/h10,18H,3-9H2,1-2H3,(H2,13,14). The van der Waals surface area contributed by atoms with Crippen LogP contribution in [0, 0.1) is 0 Å². The van der Waals surface area contributed by atoms with Crippen LogP contribution in [0.3, 0.4) is 0 Å². The minimum atomic E-state index is -0.106. The van der Waals surface area contributed by atoms with Gasteiger partial charge in [-0.3, -0.25) is 9.69 Å². The van der Waals surface area contributed by atoms with E-state index in [-0.39, 0.29) is 17.8 Å². The predicted molar refractivity (Wildman–Crippen MR) is 72.1 cm³/mol.